The Hall–Kier alpha value is -1.76. The van der Waals surface area contributed by atoms with E-state index in [1.165, 1.54) is 4.90 Å². The molecule has 1 N–H and O–H groups in total. The zero-order valence-corrected chi connectivity index (χ0v) is 13.0. The van der Waals surface area contributed by atoms with Crippen LogP contribution in [0.5, 0.6) is 0 Å². The third-order valence-electron chi connectivity index (χ3n) is 4.16. The number of aliphatic hydroxyl groups is 1. The van der Waals surface area contributed by atoms with Gasteiger partial charge >= 0.3 is 6.18 Å². The van der Waals surface area contributed by atoms with E-state index in [0.717, 1.165) is 5.69 Å². The molecule has 1 atom stereocenters. The highest BCUT2D eigenvalue weighted by atomic mass is 19.4. The number of carbonyl (C=O) groups is 1. The van der Waals surface area contributed by atoms with E-state index in [1.807, 2.05) is 11.9 Å². The van der Waals surface area contributed by atoms with Crippen LogP contribution >= 0.6 is 0 Å². The molecule has 0 radical (unpaired) electrons. The van der Waals surface area contributed by atoms with Gasteiger partial charge < -0.3 is 14.9 Å². The molecule has 0 bridgehead atoms. The number of nitrogens with zero attached hydrogens (tertiary/aromatic N) is 2. The van der Waals surface area contributed by atoms with Crippen LogP contribution in [0.1, 0.15) is 23.2 Å². The maximum atomic E-state index is 12.8. The summed E-state index contributed by atoms with van der Waals surface area (Å²) in [4.78, 5) is 15.5. The van der Waals surface area contributed by atoms with Gasteiger partial charge in [0.2, 0.25) is 0 Å². The number of benzene rings is 1. The molecule has 1 aromatic rings. The summed E-state index contributed by atoms with van der Waals surface area (Å²) in [5.74, 6) is -1.80. The predicted octanol–water partition coefficient (Wildman–Crippen LogP) is 2.53. The van der Waals surface area contributed by atoms with Crippen molar-refractivity contribution in [3.05, 3.63) is 29.8 Å². The van der Waals surface area contributed by atoms with Gasteiger partial charge in [-0.2, -0.15) is 13.2 Å². The van der Waals surface area contributed by atoms with Crippen molar-refractivity contribution >= 4 is 11.6 Å². The zero-order chi connectivity index (χ0) is 17.0. The Balaban J connectivity index is 2.05. The summed E-state index contributed by atoms with van der Waals surface area (Å²) in [5.41, 5.74) is 1.22. The lowest BCUT2D eigenvalue weighted by atomic mass is 9.97. The number of aliphatic hydroxyl groups excluding tert-OH is 1. The molecular formula is C16H21F3N2O2. The predicted molar refractivity (Wildman–Crippen MR) is 81.5 cm³/mol. The normalized spacial score (nSPS) is 18.8. The number of halogens is 3. The van der Waals surface area contributed by atoms with Crippen molar-refractivity contribution in [3.63, 3.8) is 0 Å². The van der Waals surface area contributed by atoms with Gasteiger partial charge in [0, 0.05) is 37.9 Å². The molecule has 1 fully saturated rings. The highest BCUT2D eigenvalue weighted by Crippen LogP contribution is 2.33. The number of amides is 1. The summed E-state index contributed by atoms with van der Waals surface area (Å²) >= 11 is 0. The molecule has 1 aromatic carbocycles. The van der Waals surface area contributed by atoms with E-state index in [2.05, 4.69) is 0 Å². The van der Waals surface area contributed by atoms with Gasteiger partial charge in [-0.3, -0.25) is 4.79 Å². The average Bonchev–Trinajstić information content (AvgIpc) is 2.54. The van der Waals surface area contributed by atoms with Crippen molar-refractivity contribution in [2.75, 3.05) is 38.2 Å². The molecule has 0 spiro atoms. The lowest BCUT2D eigenvalue weighted by molar-refractivity contribution is -0.184. The molecule has 1 amide bonds. The molecule has 23 heavy (non-hydrogen) atoms. The Morgan fingerprint density at radius 3 is 2.57 bits per heavy atom. The fraction of sp³-hybridized carbons (Fsp3) is 0.562. The summed E-state index contributed by atoms with van der Waals surface area (Å²) < 4.78 is 38.5. The van der Waals surface area contributed by atoms with Gasteiger partial charge in [0.25, 0.3) is 5.91 Å². The molecule has 1 saturated heterocycles. The van der Waals surface area contributed by atoms with Crippen LogP contribution in [-0.2, 0) is 0 Å². The minimum Gasteiger partial charge on any atom is -0.395 e. The van der Waals surface area contributed by atoms with Crippen LogP contribution in [-0.4, -0.2) is 55.4 Å². The lowest BCUT2D eigenvalue weighted by Gasteiger charge is -2.33. The maximum absolute atomic E-state index is 12.8. The van der Waals surface area contributed by atoms with Crippen molar-refractivity contribution in [1.29, 1.82) is 0 Å². The number of rotatable bonds is 4. The average molecular weight is 330 g/mol. The van der Waals surface area contributed by atoms with Crippen LogP contribution in [0.25, 0.3) is 0 Å². The van der Waals surface area contributed by atoms with Crippen molar-refractivity contribution < 1.29 is 23.1 Å². The summed E-state index contributed by atoms with van der Waals surface area (Å²) in [6, 6.07) is 6.69. The van der Waals surface area contributed by atoms with E-state index in [0.29, 0.717) is 25.1 Å². The van der Waals surface area contributed by atoms with Gasteiger partial charge in [0.15, 0.2) is 0 Å². The number of hydrogen-bond donors (Lipinski definition) is 1. The summed E-state index contributed by atoms with van der Waals surface area (Å²) in [5, 5.41) is 8.91. The zero-order valence-electron chi connectivity index (χ0n) is 13.0. The number of likely N-dealkylation sites (tertiary alicyclic amines) is 1. The van der Waals surface area contributed by atoms with Crippen molar-refractivity contribution in [1.82, 2.24) is 4.90 Å². The number of likely N-dealkylation sites (N-methyl/N-ethyl adjacent to an activating group) is 1. The van der Waals surface area contributed by atoms with E-state index >= 15 is 0 Å². The smallest absolute Gasteiger partial charge is 0.393 e. The molecule has 128 valence electrons. The molecule has 0 unspecified atom stereocenters. The molecule has 1 heterocycles. The SMILES string of the molecule is CN(CCO)c1ccc(C(=O)N2CCC[C@H](C(F)(F)F)C2)cc1. The van der Waals surface area contributed by atoms with Crippen molar-refractivity contribution in [2.45, 2.75) is 19.0 Å². The van der Waals surface area contributed by atoms with Gasteiger partial charge in [-0.1, -0.05) is 0 Å². The first-order chi connectivity index (χ1) is 10.8. The highest BCUT2D eigenvalue weighted by molar-refractivity contribution is 5.94. The van der Waals surface area contributed by atoms with Gasteiger partial charge in [0.1, 0.15) is 0 Å². The van der Waals surface area contributed by atoms with Crippen LogP contribution in [0.4, 0.5) is 18.9 Å². The van der Waals surface area contributed by atoms with Gasteiger partial charge in [-0.15, -0.1) is 0 Å². The van der Waals surface area contributed by atoms with E-state index in [9.17, 15) is 18.0 Å². The van der Waals surface area contributed by atoms with Crippen LogP contribution in [0, 0.1) is 5.92 Å². The Kier molecular flexibility index (Phi) is 5.51. The van der Waals surface area contributed by atoms with E-state index in [-0.39, 0.29) is 25.5 Å². The third-order valence-corrected chi connectivity index (χ3v) is 4.16. The molecule has 4 nitrogen and oxygen atoms in total. The largest absolute Gasteiger partial charge is 0.395 e. The fourth-order valence-electron chi connectivity index (χ4n) is 2.75. The first kappa shape index (κ1) is 17.6. The maximum Gasteiger partial charge on any atom is 0.393 e. The number of piperidine rings is 1. The molecule has 1 aliphatic heterocycles. The summed E-state index contributed by atoms with van der Waals surface area (Å²) in [6.45, 7) is 0.572. The minimum absolute atomic E-state index is 0.0176. The second-order valence-corrected chi connectivity index (χ2v) is 5.82. The molecule has 1 aliphatic rings. The van der Waals surface area contributed by atoms with Crippen molar-refractivity contribution in [2.24, 2.45) is 5.92 Å². The Morgan fingerprint density at radius 1 is 1.35 bits per heavy atom. The standard InChI is InChI=1S/C16H21F3N2O2/c1-20(9-10-22)14-6-4-12(5-7-14)15(23)21-8-2-3-13(11-21)16(17,18)19/h4-7,13,22H,2-3,8-11H2,1H3/t13-/m0/s1. The Bertz CT molecular complexity index is 531. The summed E-state index contributed by atoms with van der Waals surface area (Å²) in [7, 11) is 1.81. The Labute approximate surface area is 133 Å². The van der Waals surface area contributed by atoms with Crippen LogP contribution in [0.3, 0.4) is 0 Å². The first-order valence-corrected chi connectivity index (χ1v) is 7.61. The van der Waals surface area contributed by atoms with Gasteiger partial charge in [-0.25, -0.2) is 0 Å². The second kappa shape index (κ2) is 7.21. The first-order valence-electron chi connectivity index (χ1n) is 7.61. The molecule has 0 aliphatic carbocycles. The monoisotopic (exact) mass is 330 g/mol. The van der Waals surface area contributed by atoms with E-state index < -0.39 is 12.1 Å². The minimum atomic E-state index is -4.25. The van der Waals surface area contributed by atoms with Crippen LogP contribution in [0.2, 0.25) is 0 Å². The number of alkyl halides is 3. The fourth-order valence-corrected chi connectivity index (χ4v) is 2.75. The summed E-state index contributed by atoms with van der Waals surface area (Å²) in [6.07, 6.45) is -3.80. The highest BCUT2D eigenvalue weighted by Gasteiger charge is 2.42. The lowest BCUT2D eigenvalue weighted by Crippen LogP contribution is -2.44. The number of carbonyl (C=O) groups excluding carboxylic acids is 1. The third kappa shape index (κ3) is 4.37. The topological polar surface area (TPSA) is 43.8 Å². The van der Waals surface area contributed by atoms with Gasteiger partial charge in [-0.05, 0) is 37.1 Å². The Morgan fingerprint density at radius 2 is 2.00 bits per heavy atom. The molecule has 0 saturated carbocycles. The molecule has 0 aromatic heterocycles. The van der Waals surface area contributed by atoms with Gasteiger partial charge in [0.05, 0.1) is 12.5 Å². The quantitative estimate of drug-likeness (QED) is 0.923. The molecule has 7 heteroatoms. The van der Waals surface area contributed by atoms with Crippen LogP contribution in [0.15, 0.2) is 24.3 Å². The van der Waals surface area contributed by atoms with E-state index in [1.54, 1.807) is 24.3 Å². The van der Waals surface area contributed by atoms with E-state index in [4.69, 9.17) is 5.11 Å². The molecular weight excluding hydrogens is 309 g/mol. The number of hydrogen-bond acceptors (Lipinski definition) is 3. The number of anilines is 1. The molecule has 2 rings (SSSR count). The second-order valence-electron chi connectivity index (χ2n) is 5.82. The van der Waals surface area contributed by atoms with Crippen molar-refractivity contribution in [3.8, 4) is 0 Å². The van der Waals surface area contributed by atoms with Crippen LogP contribution < -0.4 is 4.90 Å².